The molecule has 0 aliphatic heterocycles. The Morgan fingerprint density at radius 3 is 2.81 bits per heavy atom. The van der Waals surface area contributed by atoms with Gasteiger partial charge in [-0.25, -0.2) is 18.2 Å². The van der Waals surface area contributed by atoms with E-state index in [0.29, 0.717) is 17.6 Å². The number of hydrogen-bond acceptors (Lipinski definition) is 6. The lowest BCUT2D eigenvalue weighted by Gasteiger charge is -2.05. The Bertz CT molecular complexity index is 751. The predicted molar refractivity (Wildman–Crippen MR) is 76.7 cm³/mol. The van der Waals surface area contributed by atoms with E-state index in [2.05, 4.69) is 9.72 Å². The van der Waals surface area contributed by atoms with E-state index in [1.807, 2.05) is 4.57 Å². The highest BCUT2D eigenvalue weighted by Gasteiger charge is 2.09. The molecule has 2 rings (SSSR count). The zero-order chi connectivity index (χ0) is 15.5. The fourth-order valence-corrected chi connectivity index (χ4v) is 2.28. The third kappa shape index (κ3) is 4.02. The van der Waals surface area contributed by atoms with E-state index in [4.69, 9.17) is 4.74 Å². The van der Waals surface area contributed by atoms with Gasteiger partial charge in [0.1, 0.15) is 5.94 Å². The largest absolute Gasteiger partial charge is 0.465 e. The topological polar surface area (TPSA) is 87.5 Å². The lowest BCUT2D eigenvalue weighted by molar-refractivity contribution is 0.0601. The first-order chi connectivity index (χ1) is 9.90. The highest BCUT2D eigenvalue weighted by molar-refractivity contribution is 7.90. The number of nitrogens with zero attached hydrogens (tertiary/aromatic N) is 2. The number of aromatic nitrogens is 2. The van der Waals surface area contributed by atoms with Gasteiger partial charge in [0.15, 0.2) is 9.84 Å². The van der Waals surface area contributed by atoms with Crippen LogP contribution >= 0.6 is 0 Å². The van der Waals surface area contributed by atoms with E-state index in [9.17, 15) is 13.2 Å². The molecule has 0 bridgehead atoms. The van der Waals surface area contributed by atoms with E-state index in [0.717, 1.165) is 11.8 Å². The molecule has 0 saturated carbocycles. The van der Waals surface area contributed by atoms with Crippen molar-refractivity contribution in [2.24, 2.45) is 0 Å². The Morgan fingerprint density at radius 2 is 2.14 bits per heavy atom. The predicted octanol–water partition coefficient (Wildman–Crippen LogP) is 0.842. The fourth-order valence-electron chi connectivity index (χ4n) is 1.86. The highest BCUT2D eigenvalue weighted by Crippen LogP contribution is 2.15. The SMILES string of the molecule is COC(=O)c1ccc2c(c1)ncn2CCOCS(C)(=O)=O. The second-order valence-corrected chi connectivity index (χ2v) is 6.67. The van der Waals surface area contributed by atoms with Crippen molar-refractivity contribution in [2.45, 2.75) is 6.54 Å². The van der Waals surface area contributed by atoms with E-state index in [-0.39, 0.29) is 12.5 Å². The van der Waals surface area contributed by atoms with Crippen molar-refractivity contribution in [2.75, 3.05) is 25.9 Å². The normalized spacial score (nSPS) is 11.7. The smallest absolute Gasteiger partial charge is 0.337 e. The molecule has 114 valence electrons. The van der Waals surface area contributed by atoms with Crippen LogP contribution in [0.15, 0.2) is 24.5 Å². The van der Waals surface area contributed by atoms with Gasteiger partial charge >= 0.3 is 5.97 Å². The zero-order valence-corrected chi connectivity index (χ0v) is 12.6. The number of carbonyl (C=O) groups is 1. The number of carbonyl (C=O) groups excluding carboxylic acids is 1. The lowest BCUT2D eigenvalue weighted by Crippen LogP contribution is -2.11. The third-order valence-corrected chi connectivity index (χ3v) is 3.41. The Labute approximate surface area is 122 Å². The Morgan fingerprint density at radius 1 is 1.38 bits per heavy atom. The Balaban J connectivity index is 2.07. The maximum Gasteiger partial charge on any atom is 0.337 e. The van der Waals surface area contributed by atoms with Crippen molar-refractivity contribution in [1.82, 2.24) is 9.55 Å². The molecule has 0 unspecified atom stereocenters. The summed E-state index contributed by atoms with van der Waals surface area (Å²) < 4.78 is 33.5. The van der Waals surface area contributed by atoms with Crippen LogP contribution in [0.1, 0.15) is 10.4 Å². The first-order valence-electron chi connectivity index (χ1n) is 6.19. The second-order valence-electron chi connectivity index (χ2n) is 4.58. The number of methoxy groups -OCH3 is 1. The van der Waals surface area contributed by atoms with Gasteiger partial charge in [0.2, 0.25) is 0 Å². The first-order valence-corrected chi connectivity index (χ1v) is 8.25. The molecule has 8 heteroatoms. The highest BCUT2D eigenvalue weighted by atomic mass is 32.2. The zero-order valence-electron chi connectivity index (χ0n) is 11.8. The molecule has 7 nitrogen and oxygen atoms in total. The number of fused-ring (bicyclic) bond motifs is 1. The average Bonchev–Trinajstić information content (AvgIpc) is 2.84. The minimum atomic E-state index is -3.12. The molecule has 0 aliphatic rings. The van der Waals surface area contributed by atoms with Gasteiger partial charge in [-0.3, -0.25) is 0 Å². The van der Waals surface area contributed by atoms with Crippen LogP contribution in [0.2, 0.25) is 0 Å². The van der Waals surface area contributed by atoms with Gasteiger partial charge in [-0.1, -0.05) is 0 Å². The summed E-state index contributed by atoms with van der Waals surface area (Å²) in [6.07, 6.45) is 2.74. The monoisotopic (exact) mass is 312 g/mol. The number of sulfone groups is 1. The van der Waals surface area contributed by atoms with E-state index in [1.54, 1.807) is 24.5 Å². The maximum atomic E-state index is 11.4. The molecule has 0 aliphatic carbocycles. The fraction of sp³-hybridized carbons (Fsp3) is 0.385. The second kappa shape index (κ2) is 6.23. The van der Waals surface area contributed by atoms with Gasteiger partial charge in [0.05, 0.1) is 36.6 Å². The molecule has 21 heavy (non-hydrogen) atoms. The summed E-state index contributed by atoms with van der Waals surface area (Å²) in [5, 5.41) is 0. The molecule has 1 aromatic heterocycles. The summed E-state index contributed by atoms with van der Waals surface area (Å²) in [6, 6.07) is 5.07. The van der Waals surface area contributed by atoms with Crippen LogP contribution in [-0.4, -0.2) is 49.8 Å². The van der Waals surface area contributed by atoms with Crippen LogP contribution < -0.4 is 0 Å². The average molecular weight is 312 g/mol. The molecule has 0 saturated heterocycles. The van der Waals surface area contributed by atoms with Crippen LogP contribution in [0.5, 0.6) is 0 Å². The molecular weight excluding hydrogens is 296 g/mol. The number of rotatable bonds is 6. The molecule has 0 N–H and O–H groups in total. The Hall–Kier alpha value is -1.93. The number of benzene rings is 1. The van der Waals surface area contributed by atoms with E-state index in [1.165, 1.54) is 7.11 Å². The molecular formula is C13H16N2O5S. The van der Waals surface area contributed by atoms with Gasteiger partial charge in [-0.2, -0.15) is 0 Å². The minimum absolute atomic E-state index is 0.261. The number of imidazole rings is 1. The van der Waals surface area contributed by atoms with Crippen LogP contribution in [0, 0.1) is 0 Å². The molecule has 0 atom stereocenters. The van der Waals surface area contributed by atoms with Crippen molar-refractivity contribution in [3.05, 3.63) is 30.1 Å². The van der Waals surface area contributed by atoms with Crippen molar-refractivity contribution >= 4 is 26.8 Å². The summed E-state index contributed by atoms with van der Waals surface area (Å²) >= 11 is 0. The first kappa shape index (κ1) is 15.5. The number of esters is 1. The molecule has 0 spiro atoms. The Kier molecular flexibility index (Phi) is 4.59. The van der Waals surface area contributed by atoms with Crippen molar-refractivity contribution in [1.29, 1.82) is 0 Å². The number of hydrogen-bond donors (Lipinski definition) is 0. The van der Waals surface area contributed by atoms with Crippen LogP contribution in [0.25, 0.3) is 11.0 Å². The standard InChI is InChI=1S/C13H16N2O5S/c1-19-13(16)10-3-4-12-11(7-10)14-8-15(12)5-6-20-9-21(2,17)18/h3-4,7-8H,5-6,9H2,1-2H3. The number of ether oxygens (including phenoxy) is 2. The summed E-state index contributed by atoms with van der Waals surface area (Å²) in [5.41, 5.74) is 1.94. The van der Waals surface area contributed by atoms with Gasteiger partial charge in [-0.15, -0.1) is 0 Å². The minimum Gasteiger partial charge on any atom is -0.465 e. The van der Waals surface area contributed by atoms with Crippen LogP contribution in [0.4, 0.5) is 0 Å². The van der Waals surface area contributed by atoms with Gasteiger partial charge in [-0.05, 0) is 18.2 Å². The molecule has 2 aromatic rings. The van der Waals surface area contributed by atoms with E-state index < -0.39 is 15.8 Å². The van der Waals surface area contributed by atoms with Crippen molar-refractivity contribution < 1.29 is 22.7 Å². The molecule has 0 fully saturated rings. The quantitative estimate of drug-likeness (QED) is 0.580. The van der Waals surface area contributed by atoms with Crippen LogP contribution in [-0.2, 0) is 25.9 Å². The third-order valence-electron chi connectivity index (χ3n) is 2.82. The molecule has 1 heterocycles. The molecule has 1 aromatic carbocycles. The summed E-state index contributed by atoms with van der Waals surface area (Å²) in [5.74, 6) is -0.713. The van der Waals surface area contributed by atoms with Crippen molar-refractivity contribution in [3.8, 4) is 0 Å². The van der Waals surface area contributed by atoms with E-state index >= 15 is 0 Å². The summed E-state index contributed by atoms with van der Waals surface area (Å²) in [6.45, 7) is 0.737. The van der Waals surface area contributed by atoms with Gasteiger partial charge in [0.25, 0.3) is 0 Å². The van der Waals surface area contributed by atoms with Crippen LogP contribution in [0.3, 0.4) is 0 Å². The maximum absolute atomic E-state index is 11.4. The van der Waals surface area contributed by atoms with Crippen molar-refractivity contribution in [3.63, 3.8) is 0 Å². The summed E-state index contributed by atoms with van der Waals surface area (Å²) in [7, 11) is -1.80. The lowest BCUT2D eigenvalue weighted by atomic mass is 10.2. The molecule has 0 radical (unpaired) electrons. The van der Waals surface area contributed by atoms with Gasteiger partial charge in [0, 0.05) is 12.8 Å². The van der Waals surface area contributed by atoms with Gasteiger partial charge < -0.3 is 14.0 Å². The molecule has 0 amide bonds. The summed E-state index contributed by atoms with van der Waals surface area (Å²) in [4.78, 5) is 15.6.